The maximum Gasteiger partial charge on any atom is 0.356 e. The molecule has 1 saturated carbocycles. The number of aromatic nitrogens is 1. The molecule has 0 amide bonds. The lowest BCUT2D eigenvalue weighted by Gasteiger charge is -2.37. The Hall–Kier alpha value is -1.19. The lowest BCUT2D eigenvalue weighted by molar-refractivity contribution is -0.0244. The second-order valence-corrected chi connectivity index (χ2v) is 6.54. The van der Waals surface area contributed by atoms with Gasteiger partial charge in [0.25, 0.3) is 3.93 Å². The van der Waals surface area contributed by atoms with Gasteiger partial charge in [0.05, 0.1) is 27.0 Å². The molecule has 1 fully saturated rings. The molecule has 0 aromatic carbocycles. The van der Waals surface area contributed by atoms with Crippen LogP contribution < -0.4 is 9.47 Å². The molecule has 0 radical (unpaired) electrons. The van der Waals surface area contributed by atoms with Crippen molar-refractivity contribution in [3.05, 3.63) is 18.0 Å². The molecule has 0 unspecified atom stereocenters. The van der Waals surface area contributed by atoms with Crippen LogP contribution in [-0.2, 0) is 4.74 Å². The standard InChI is InChI=1S/C14H16F2INO4/c1-20-11-5-10(13(19)21-2)18-6-12(11)22-7-8-3-9(4-8)14(15,16)17/h5-6,8-9H,3-4,7H2,1-2H3. The van der Waals surface area contributed by atoms with E-state index in [0.717, 1.165) is 0 Å². The van der Waals surface area contributed by atoms with Gasteiger partial charge < -0.3 is 14.2 Å². The molecular formula is C14H16F2INO4. The summed E-state index contributed by atoms with van der Waals surface area (Å²) in [4.78, 5) is 15.3. The summed E-state index contributed by atoms with van der Waals surface area (Å²) in [5.74, 6) is -0.333. The van der Waals surface area contributed by atoms with Crippen LogP contribution in [0.2, 0.25) is 0 Å². The van der Waals surface area contributed by atoms with E-state index in [1.807, 2.05) is 0 Å². The molecule has 0 aliphatic heterocycles. The van der Waals surface area contributed by atoms with E-state index in [1.54, 1.807) is 0 Å². The highest BCUT2D eigenvalue weighted by Crippen LogP contribution is 2.47. The Bertz CT molecular complexity index is 544. The second kappa shape index (κ2) is 6.93. The number of ether oxygens (including phenoxy) is 3. The van der Waals surface area contributed by atoms with E-state index in [0.29, 0.717) is 30.9 Å². The highest BCUT2D eigenvalue weighted by Gasteiger charge is 2.45. The molecule has 0 N–H and O–H groups in total. The predicted molar refractivity (Wildman–Crippen MR) is 82.8 cm³/mol. The number of hydrogen-bond acceptors (Lipinski definition) is 5. The third kappa shape index (κ3) is 3.96. The van der Waals surface area contributed by atoms with Gasteiger partial charge in [-0.1, -0.05) is 0 Å². The second-order valence-electron chi connectivity index (χ2n) is 5.10. The van der Waals surface area contributed by atoms with Crippen molar-refractivity contribution < 1.29 is 27.8 Å². The largest absolute Gasteiger partial charge is 0.493 e. The maximum atomic E-state index is 13.0. The van der Waals surface area contributed by atoms with Gasteiger partial charge in [-0.25, -0.2) is 9.78 Å². The van der Waals surface area contributed by atoms with E-state index < -0.39 is 15.8 Å². The third-order valence-corrected chi connectivity index (χ3v) is 4.50. The van der Waals surface area contributed by atoms with E-state index in [2.05, 4.69) is 9.72 Å². The fourth-order valence-corrected chi connectivity index (χ4v) is 2.76. The number of nitrogens with zero attached hydrogens (tertiary/aromatic N) is 1. The van der Waals surface area contributed by atoms with E-state index in [-0.39, 0.29) is 11.6 Å². The lowest BCUT2D eigenvalue weighted by Crippen LogP contribution is -2.37. The Morgan fingerprint density at radius 2 is 2.09 bits per heavy atom. The van der Waals surface area contributed by atoms with Crippen molar-refractivity contribution >= 4 is 28.6 Å². The van der Waals surface area contributed by atoms with Crippen LogP contribution in [0.25, 0.3) is 0 Å². The molecule has 0 bridgehead atoms. The maximum absolute atomic E-state index is 13.0. The van der Waals surface area contributed by atoms with E-state index >= 15 is 0 Å². The van der Waals surface area contributed by atoms with Crippen LogP contribution in [0, 0.1) is 11.8 Å². The molecule has 1 aliphatic rings. The summed E-state index contributed by atoms with van der Waals surface area (Å²) in [7, 11) is 2.70. The van der Waals surface area contributed by atoms with Gasteiger partial charge in [0, 0.05) is 12.0 Å². The molecule has 0 atom stereocenters. The van der Waals surface area contributed by atoms with Crippen molar-refractivity contribution in [2.45, 2.75) is 16.8 Å². The van der Waals surface area contributed by atoms with Crippen molar-refractivity contribution in [1.82, 2.24) is 4.98 Å². The number of carbonyl (C=O) groups excluding carboxylic acids is 1. The van der Waals surface area contributed by atoms with Crippen molar-refractivity contribution in [2.75, 3.05) is 20.8 Å². The fraction of sp³-hybridized carbons (Fsp3) is 0.571. The van der Waals surface area contributed by atoms with Gasteiger partial charge in [-0.2, -0.15) is 8.78 Å². The molecule has 1 aromatic heterocycles. The molecule has 122 valence electrons. The number of methoxy groups -OCH3 is 2. The molecule has 0 saturated heterocycles. The van der Waals surface area contributed by atoms with Crippen LogP contribution in [0.5, 0.6) is 11.5 Å². The molecule has 0 spiro atoms. The first-order valence-corrected chi connectivity index (χ1v) is 7.75. The van der Waals surface area contributed by atoms with E-state index in [4.69, 9.17) is 9.47 Å². The van der Waals surface area contributed by atoms with Gasteiger partial charge in [0.2, 0.25) is 0 Å². The average molecular weight is 427 g/mol. The number of rotatable bonds is 6. The number of alkyl halides is 3. The monoisotopic (exact) mass is 427 g/mol. The van der Waals surface area contributed by atoms with Crippen LogP contribution in [0.3, 0.4) is 0 Å². The zero-order chi connectivity index (χ0) is 16.3. The van der Waals surface area contributed by atoms with Gasteiger partial charge in [0.1, 0.15) is 0 Å². The minimum atomic E-state index is -2.66. The molecule has 2 rings (SSSR count). The smallest absolute Gasteiger partial charge is 0.356 e. The number of hydrogen-bond donors (Lipinski definition) is 0. The number of esters is 1. The quantitative estimate of drug-likeness (QED) is 0.396. The summed E-state index contributed by atoms with van der Waals surface area (Å²) >= 11 is 1.18. The van der Waals surface area contributed by atoms with Crippen LogP contribution in [0.1, 0.15) is 23.3 Å². The van der Waals surface area contributed by atoms with Gasteiger partial charge in [-0.3, -0.25) is 0 Å². The molecule has 8 heteroatoms. The minimum absolute atomic E-state index is 0.0932. The first-order valence-electron chi connectivity index (χ1n) is 6.67. The van der Waals surface area contributed by atoms with E-state index in [9.17, 15) is 13.6 Å². The summed E-state index contributed by atoms with van der Waals surface area (Å²) in [6.07, 6.45) is 2.24. The van der Waals surface area contributed by atoms with Gasteiger partial charge >= 0.3 is 5.97 Å². The highest BCUT2D eigenvalue weighted by atomic mass is 127. The van der Waals surface area contributed by atoms with E-state index in [1.165, 1.54) is 49.1 Å². The summed E-state index contributed by atoms with van der Waals surface area (Å²) in [5, 5.41) is 0. The fourth-order valence-electron chi connectivity index (χ4n) is 2.26. The van der Waals surface area contributed by atoms with Crippen LogP contribution in [0.4, 0.5) is 8.78 Å². The minimum Gasteiger partial charge on any atom is -0.493 e. The molecule has 5 nitrogen and oxygen atoms in total. The topological polar surface area (TPSA) is 57.7 Å². The SMILES string of the molecule is COC(=O)c1cc(OC)c(OCC2CC(C(F)(F)I)C2)cn1. The Balaban J connectivity index is 1.92. The zero-order valence-corrected chi connectivity index (χ0v) is 14.3. The Morgan fingerprint density at radius 3 is 2.64 bits per heavy atom. The molecule has 1 heterocycles. The van der Waals surface area contributed by atoms with Crippen molar-refractivity contribution in [3.63, 3.8) is 0 Å². The first-order chi connectivity index (χ1) is 10.3. The van der Waals surface area contributed by atoms with Crippen LogP contribution >= 0.6 is 22.6 Å². The summed E-state index contributed by atoms with van der Waals surface area (Å²) < 4.78 is 38.7. The van der Waals surface area contributed by atoms with Crippen molar-refractivity contribution in [1.29, 1.82) is 0 Å². The molecule has 1 aromatic rings. The van der Waals surface area contributed by atoms with Crippen LogP contribution in [0.15, 0.2) is 12.3 Å². The molecular weight excluding hydrogens is 411 g/mol. The van der Waals surface area contributed by atoms with Gasteiger partial charge in [-0.15, -0.1) is 0 Å². The highest BCUT2D eigenvalue weighted by molar-refractivity contribution is 14.1. The summed E-state index contributed by atoms with van der Waals surface area (Å²) in [6.45, 7) is 0.318. The average Bonchev–Trinajstić information content (AvgIpc) is 2.43. The molecule has 1 aliphatic carbocycles. The Kier molecular flexibility index (Phi) is 5.41. The van der Waals surface area contributed by atoms with Crippen molar-refractivity contribution in [3.8, 4) is 11.5 Å². The predicted octanol–water partition coefficient (Wildman–Crippen LogP) is 3.31. The normalized spacial score (nSPS) is 21.0. The Labute approximate surface area is 140 Å². The van der Waals surface area contributed by atoms with Gasteiger partial charge in [-0.05, 0) is 41.4 Å². The summed E-state index contributed by atoms with van der Waals surface area (Å²) in [5.41, 5.74) is 0.111. The zero-order valence-electron chi connectivity index (χ0n) is 12.1. The van der Waals surface area contributed by atoms with Gasteiger partial charge in [0.15, 0.2) is 17.2 Å². The lowest BCUT2D eigenvalue weighted by atomic mass is 9.75. The van der Waals surface area contributed by atoms with Crippen molar-refractivity contribution in [2.24, 2.45) is 11.8 Å². The summed E-state index contributed by atoms with van der Waals surface area (Å²) in [6, 6.07) is 1.42. The number of carbonyl (C=O) groups is 1. The molecule has 22 heavy (non-hydrogen) atoms. The number of halogens is 3. The third-order valence-electron chi connectivity index (χ3n) is 3.62. The number of pyridine rings is 1. The Morgan fingerprint density at radius 1 is 1.41 bits per heavy atom. The first kappa shape index (κ1) is 17.2. The van der Waals surface area contributed by atoms with Crippen LogP contribution in [-0.4, -0.2) is 35.7 Å².